The van der Waals surface area contributed by atoms with Gasteiger partial charge in [-0.05, 0) is 11.4 Å². The van der Waals surface area contributed by atoms with Gasteiger partial charge in [0.1, 0.15) is 0 Å². The fraction of sp³-hybridized carbons (Fsp3) is 0.200. The van der Waals surface area contributed by atoms with E-state index >= 15 is 0 Å². The molecule has 0 N–H and O–H groups in total. The van der Waals surface area contributed by atoms with Crippen LogP contribution in [-0.2, 0) is 4.79 Å². The van der Waals surface area contributed by atoms with Crippen LogP contribution >= 0.6 is 24.8 Å². The maximum absolute atomic E-state index is 10.5. The molecule has 0 aliphatic rings. The molecule has 1 unspecified atom stereocenters. The summed E-state index contributed by atoms with van der Waals surface area (Å²) in [5.41, 5.74) is 0. The lowest BCUT2D eigenvalue weighted by molar-refractivity contribution is -0.113. The van der Waals surface area contributed by atoms with Crippen molar-refractivity contribution < 1.29 is 4.79 Å². The van der Waals surface area contributed by atoms with Crippen molar-refractivity contribution in [3.05, 3.63) is 12.7 Å². The molecule has 0 aliphatic carbocycles. The lowest BCUT2D eigenvalue weighted by Crippen LogP contribution is -2.10. The van der Waals surface area contributed by atoms with Crippen LogP contribution in [0, 0.1) is 0 Å². The summed E-state index contributed by atoms with van der Waals surface area (Å²) in [5, 5.41) is 0.843. The Morgan fingerprint density at radius 3 is 2.50 bits per heavy atom. The van der Waals surface area contributed by atoms with Crippen LogP contribution in [0.4, 0.5) is 0 Å². The molecule has 0 aromatic rings. The monoisotopic (exact) mass is 146 g/mol. The zero-order valence-electron chi connectivity index (χ0n) is 4.20. The Morgan fingerprint density at radius 2 is 2.38 bits per heavy atom. The lowest BCUT2D eigenvalue weighted by atomic mass is 10.3. The van der Waals surface area contributed by atoms with E-state index in [4.69, 9.17) is 0 Å². The van der Waals surface area contributed by atoms with Crippen LogP contribution in [0.2, 0.25) is 0 Å². The molecule has 1 atom stereocenters. The Morgan fingerprint density at radius 1 is 1.88 bits per heavy atom. The van der Waals surface area contributed by atoms with Gasteiger partial charge in [0, 0.05) is 0 Å². The van der Waals surface area contributed by atoms with Crippen LogP contribution in [0.1, 0.15) is 0 Å². The molecule has 1 nitrogen and oxygen atoms in total. The van der Waals surface area contributed by atoms with Crippen molar-refractivity contribution in [2.75, 3.05) is 0 Å². The third-order valence-corrected chi connectivity index (χ3v) is 1.50. The molecule has 0 heterocycles. The zero-order chi connectivity index (χ0) is 6.57. The van der Waals surface area contributed by atoms with Crippen molar-refractivity contribution in [1.29, 1.82) is 0 Å². The minimum atomic E-state index is -0.456. The smallest absolute Gasteiger partial charge is 0.172 e. The molecular weight excluding hydrogens is 140 g/mol. The van der Waals surface area contributed by atoms with Crippen molar-refractivity contribution >= 4 is 36.0 Å². The van der Waals surface area contributed by atoms with Gasteiger partial charge in [-0.1, -0.05) is 18.8 Å². The number of carbonyl (C=O) groups excluding carboxylic acids is 1. The summed E-state index contributed by atoms with van der Waals surface area (Å²) >= 11 is 8.27. The van der Waals surface area contributed by atoms with E-state index in [1.54, 1.807) is 0 Å². The van der Waals surface area contributed by atoms with E-state index in [1.165, 1.54) is 11.4 Å². The molecule has 0 aromatic carbocycles. The van der Waals surface area contributed by atoms with Crippen LogP contribution in [0.15, 0.2) is 12.7 Å². The van der Waals surface area contributed by atoms with Gasteiger partial charge in [-0.15, -0.1) is 0 Å². The molecule has 0 aromatic heterocycles. The highest BCUT2D eigenvalue weighted by atomic mass is 32.1. The third-order valence-electron chi connectivity index (χ3n) is 0.622. The minimum absolute atomic E-state index is 0.150. The Hall–Kier alpha value is -0.150. The van der Waals surface area contributed by atoms with Crippen LogP contribution in [-0.4, -0.2) is 16.4 Å². The summed E-state index contributed by atoms with van der Waals surface area (Å²) in [6.45, 7) is 3.26. The number of carbonyl (C=O) groups is 1. The van der Waals surface area contributed by atoms with Gasteiger partial charge in [0.25, 0.3) is 0 Å². The fourth-order valence-electron chi connectivity index (χ4n) is 0.188. The Balaban J connectivity index is 3.80. The van der Waals surface area contributed by atoms with Crippen molar-refractivity contribution in [2.45, 2.75) is 5.25 Å². The van der Waals surface area contributed by atoms with Crippen LogP contribution in [0.5, 0.6) is 0 Å². The molecule has 0 rings (SSSR count). The van der Waals surface area contributed by atoms with Gasteiger partial charge in [0.15, 0.2) is 5.78 Å². The molecule has 44 valence electrons. The number of hydrogen-bond donors (Lipinski definition) is 1. The standard InChI is InChI=1S/C5H6OS2/c1-2-4(6)5(8)3-7/h2-3,5,8H,1H2. The van der Waals surface area contributed by atoms with Gasteiger partial charge in [-0.25, -0.2) is 0 Å². The second-order valence-corrected chi connectivity index (χ2v) is 2.02. The second kappa shape index (κ2) is 3.80. The summed E-state index contributed by atoms with van der Waals surface area (Å²) < 4.78 is 0. The van der Waals surface area contributed by atoms with E-state index in [1.807, 2.05) is 0 Å². The SMILES string of the molecule is C=CC(=O)C(S)C=S. The van der Waals surface area contributed by atoms with Gasteiger partial charge in [0.2, 0.25) is 0 Å². The topological polar surface area (TPSA) is 17.1 Å². The molecule has 0 fully saturated rings. The summed E-state index contributed by atoms with van der Waals surface area (Å²) in [4.78, 5) is 10.5. The predicted octanol–water partition coefficient (Wildman–Crippen LogP) is 1.04. The van der Waals surface area contributed by atoms with Gasteiger partial charge in [0.05, 0.1) is 5.25 Å². The molecule has 0 saturated carbocycles. The van der Waals surface area contributed by atoms with Crippen molar-refractivity contribution in [3.63, 3.8) is 0 Å². The number of hydrogen-bond acceptors (Lipinski definition) is 3. The van der Waals surface area contributed by atoms with Gasteiger partial charge >= 0.3 is 0 Å². The Kier molecular flexibility index (Phi) is 3.73. The van der Waals surface area contributed by atoms with E-state index in [0.29, 0.717) is 0 Å². The normalized spacial score (nSPS) is 12.1. The van der Waals surface area contributed by atoms with Gasteiger partial charge < -0.3 is 0 Å². The fourth-order valence-corrected chi connectivity index (χ4v) is 0.427. The summed E-state index contributed by atoms with van der Waals surface area (Å²) in [7, 11) is 0. The van der Waals surface area contributed by atoms with E-state index in [0.717, 1.165) is 0 Å². The summed E-state index contributed by atoms with van der Waals surface area (Å²) in [6, 6.07) is 0. The highest BCUT2D eigenvalue weighted by molar-refractivity contribution is 7.86. The molecule has 0 amide bonds. The predicted molar refractivity (Wildman–Crippen MR) is 41.6 cm³/mol. The molecule has 0 spiro atoms. The van der Waals surface area contributed by atoms with Crippen LogP contribution < -0.4 is 0 Å². The third kappa shape index (κ3) is 2.23. The first-order valence-electron chi connectivity index (χ1n) is 2.02. The largest absolute Gasteiger partial charge is 0.293 e. The highest BCUT2D eigenvalue weighted by Crippen LogP contribution is 1.92. The maximum atomic E-state index is 10.5. The zero-order valence-corrected chi connectivity index (χ0v) is 5.91. The molecule has 3 heteroatoms. The molecular formula is C5H6OS2. The average molecular weight is 146 g/mol. The molecule has 0 aliphatic heterocycles. The number of thiocarbonyl (C=S) groups is 1. The lowest BCUT2D eigenvalue weighted by Gasteiger charge is -1.93. The number of ketones is 1. The van der Waals surface area contributed by atoms with Gasteiger partial charge in [-0.3, -0.25) is 4.79 Å². The van der Waals surface area contributed by atoms with E-state index < -0.39 is 5.25 Å². The van der Waals surface area contributed by atoms with Crippen molar-refractivity contribution in [2.24, 2.45) is 0 Å². The molecule has 0 radical (unpaired) electrons. The highest BCUT2D eigenvalue weighted by Gasteiger charge is 2.03. The maximum Gasteiger partial charge on any atom is 0.172 e. The van der Waals surface area contributed by atoms with E-state index in [9.17, 15) is 4.79 Å². The number of thiol groups is 1. The average Bonchev–Trinajstić information content (AvgIpc) is 1.84. The first-order chi connectivity index (χ1) is 3.72. The van der Waals surface area contributed by atoms with Crippen LogP contribution in [0.3, 0.4) is 0 Å². The van der Waals surface area contributed by atoms with Crippen molar-refractivity contribution in [3.8, 4) is 0 Å². The molecule has 0 bridgehead atoms. The molecule has 8 heavy (non-hydrogen) atoms. The summed E-state index contributed by atoms with van der Waals surface area (Å²) in [6.07, 6.45) is 1.21. The second-order valence-electron chi connectivity index (χ2n) is 1.19. The first-order valence-corrected chi connectivity index (χ1v) is 3.00. The minimum Gasteiger partial charge on any atom is -0.293 e. The number of rotatable bonds is 3. The van der Waals surface area contributed by atoms with Gasteiger partial charge in [-0.2, -0.15) is 12.6 Å². The first kappa shape index (κ1) is 7.85. The van der Waals surface area contributed by atoms with Crippen molar-refractivity contribution in [1.82, 2.24) is 0 Å². The Labute approximate surface area is 59.2 Å². The molecule has 0 saturated heterocycles. The van der Waals surface area contributed by atoms with E-state index in [2.05, 4.69) is 31.4 Å². The quantitative estimate of drug-likeness (QED) is 0.364. The van der Waals surface area contributed by atoms with E-state index in [-0.39, 0.29) is 5.78 Å². The Bertz CT molecular complexity index is 120. The van der Waals surface area contributed by atoms with Crippen LogP contribution in [0.25, 0.3) is 0 Å². The number of allylic oxidation sites excluding steroid dienone is 1. The summed E-state index contributed by atoms with van der Waals surface area (Å²) in [5.74, 6) is -0.150.